The van der Waals surface area contributed by atoms with Gasteiger partial charge < -0.3 is 9.47 Å². The number of methoxy groups -OCH3 is 2. The Morgan fingerprint density at radius 3 is 2.42 bits per heavy atom. The van der Waals surface area contributed by atoms with Crippen molar-refractivity contribution in [3.8, 4) is 28.7 Å². The van der Waals surface area contributed by atoms with E-state index < -0.39 is 0 Å². The topological polar surface area (TPSA) is 42.2 Å². The molecule has 0 fully saturated rings. The van der Waals surface area contributed by atoms with Crippen LogP contribution >= 0.6 is 0 Å². The summed E-state index contributed by atoms with van der Waals surface area (Å²) >= 11 is 0. The van der Waals surface area contributed by atoms with E-state index >= 15 is 0 Å². The van der Waals surface area contributed by atoms with Gasteiger partial charge in [-0.15, -0.1) is 0 Å². The number of rotatable bonds is 4. The Morgan fingerprint density at radius 1 is 1.00 bits per heavy atom. The van der Waals surface area contributed by atoms with Gasteiger partial charge in [0.05, 0.1) is 26.7 Å². The fourth-order valence-electron chi connectivity index (χ4n) is 2.05. The van der Waals surface area contributed by atoms with Crippen molar-refractivity contribution in [1.82, 2.24) is 0 Å². The molecule has 0 radical (unpaired) electrons. The quantitative estimate of drug-likeness (QED) is 0.838. The van der Waals surface area contributed by atoms with E-state index in [-0.39, 0.29) is 0 Å². The Bertz CT molecular complexity index is 614. The van der Waals surface area contributed by atoms with Crippen LogP contribution < -0.4 is 9.47 Å². The molecule has 0 atom stereocenters. The van der Waals surface area contributed by atoms with E-state index in [2.05, 4.69) is 6.07 Å². The number of hydrogen-bond acceptors (Lipinski definition) is 3. The van der Waals surface area contributed by atoms with Crippen molar-refractivity contribution in [1.29, 1.82) is 5.26 Å². The molecule has 0 unspecified atom stereocenters. The van der Waals surface area contributed by atoms with Crippen LogP contribution in [0.3, 0.4) is 0 Å². The first-order valence-electron chi connectivity index (χ1n) is 5.97. The van der Waals surface area contributed by atoms with E-state index in [4.69, 9.17) is 14.7 Å². The van der Waals surface area contributed by atoms with Gasteiger partial charge in [-0.05, 0) is 28.8 Å². The van der Waals surface area contributed by atoms with Crippen LogP contribution in [0, 0.1) is 11.3 Å². The van der Waals surface area contributed by atoms with E-state index in [1.54, 1.807) is 14.2 Å². The lowest BCUT2D eigenvalue weighted by atomic mass is 9.98. The molecule has 0 aliphatic carbocycles. The van der Waals surface area contributed by atoms with Gasteiger partial charge in [0.2, 0.25) is 0 Å². The Balaban J connectivity index is 2.50. The molecule has 0 bridgehead atoms. The standard InChI is InChI=1S/C16H15NO2/c1-18-15-8-7-13(11-16(15)19-2)14-6-4-3-5-12(14)9-10-17/h3-8,11H,9H2,1-2H3. The third-order valence-electron chi connectivity index (χ3n) is 2.98. The van der Waals surface area contributed by atoms with Gasteiger partial charge in [0.25, 0.3) is 0 Å². The Kier molecular flexibility index (Phi) is 4.04. The van der Waals surface area contributed by atoms with Crippen molar-refractivity contribution >= 4 is 0 Å². The largest absolute Gasteiger partial charge is 0.493 e. The molecule has 0 amide bonds. The fraction of sp³-hybridized carbons (Fsp3) is 0.188. The first-order chi connectivity index (χ1) is 9.30. The van der Waals surface area contributed by atoms with Crippen LogP contribution in [0.5, 0.6) is 11.5 Å². The zero-order chi connectivity index (χ0) is 13.7. The summed E-state index contributed by atoms with van der Waals surface area (Å²) in [6.45, 7) is 0. The molecule has 0 N–H and O–H groups in total. The van der Waals surface area contributed by atoms with Gasteiger partial charge in [-0.2, -0.15) is 5.26 Å². The van der Waals surface area contributed by atoms with Crippen LogP contribution in [0.15, 0.2) is 42.5 Å². The molecular formula is C16H15NO2. The summed E-state index contributed by atoms with van der Waals surface area (Å²) in [5.74, 6) is 1.38. The third kappa shape index (κ3) is 2.69. The molecule has 0 aliphatic rings. The SMILES string of the molecule is COc1ccc(-c2ccccc2CC#N)cc1OC. The summed E-state index contributed by atoms with van der Waals surface area (Å²) in [5.41, 5.74) is 3.07. The lowest BCUT2D eigenvalue weighted by Gasteiger charge is -2.11. The highest BCUT2D eigenvalue weighted by molar-refractivity contribution is 5.70. The van der Waals surface area contributed by atoms with Crippen molar-refractivity contribution in [2.24, 2.45) is 0 Å². The monoisotopic (exact) mass is 253 g/mol. The van der Waals surface area contributed by atoms with Gasteiger partial charge in [-0.25, -0.2) is 0 Å². The zero-order valence-corrected chi connectivity index (χ0v) is 11.0. The minimum absolute atomic E-state index is 0.393. The fourth-order valence-corrected chi connectivity index (χ4v) is 2.05. The van der Waals surface area contributed by atoms with Crippen LogP contribution in [-0.4, -0.2) is 14.2 Å². The molecule has 2 aromatic carbocycles. The van der Waals surface area contributed by atoms with Crippen LogP contribution in [0.1, 0.15) is 5.56 Å². The van der Waals surface area contributed by atoms with E-state index in [0.29, 0.717) is 17.9 Å². The van der Waals surface area contributed by atoms with Crippen molar-refractivity contribution in [3.05, 3.63) is 48.0 Å². The maximum absolute atomic E-state index is 8.88. The number of benzene rings is 2. The average Bonchev–Trinajstić information content (AvgIpc) is 2.47. The predicted octanol–water partition coefficient (Wildman–Crippen LogP) is 3.44. The summed E-state index contributed by atoms with van der Waals surface area (Å²) in [7, 11) is 3.23. The molecule has 0 aliphatic heterocycles. The van der Waals surface area contributed by atoms with Crippen molar-refractivity contribution in [3.63, 3.8) is 0 Å². The lowest BCUT2D eigenvalue weighted by molar-refractivity contribution is 0.355. The Hall–Kier alpha value is -2.47. The van der Waals surface area contributed by atoms with Crippen molar-refractivity contribution in [2.75, 3.05) is 14.2 Å². The molecule has 0 saturated carbocycles. The molecule has 0 saturated heterocycles. The Labute approximate surface area is 113 Å². The number of hydrogen-bond donors (Lipinski definition) is 0. The van der Waals surface area contributed by atoms with Crippen LogP contribution in [0.25, 0.3) is 11.1 Å². The van der Waals surface area contributed by atoms with E-state index in [0.717, 1.165) is 16.7 Å². The average molecular weight is 253 g/mol. The van der Waals surface area contributed by atoms with Gasteiger partial charge in [0, 0.05) is 0 Å². The minimum Gasteiger partial charge on any atom is -0.493 e. The molecule has 2 rings (SSSR count). The molecule has 3 nitrogen and oxygen atoms in total. The second-order valence-electron chi connectivity index (χ2n) is 4.06. The lowest BCUT2D eigenvalue weighted by Crippen LogP contribution is -1.92. The van der Waals surface area contributed by atoms with Crippen LogP contribution in [0.4, 0.5) is 0 Å². The van der Waals surface area contributed by atoms with Gasteiger partial charge in [0.15, 0.2) is 11.5 Å². The summed E-state index contributed by atoms with van der Waals surface area (Å²) in [6, 6.07) is 15.8. The normalized spacial score (nSPS) is 9.74. The second-order valence-corrected chi connectivity index (χ2v) is 4.06. The van der Waals surface area contributed by atoms with Crippen molar-refractivity contribution < 1.29 is 9.47 Å². The second kappa shape index (κ2) is 5.92. The minimum atomic E-state index is 0.393. The number of nitriles is 1. The zero-order valence-electron chi connectivity index (χ0n) is 11.0. The molecular weight excluding hydrogens is 238 g/mol. The molecule has 0 heterocycles. The Morgan fingerprint density at radius 2 is 1.74 bits per heavy atom. The summed E-state index contributed by atoms with van der Waals surface area (Å²) < 4.78 is 10.5. The van der Waals surface area contributed by atoms with Crippen LogP contribution in [-0.2, 0) is 6.42 Å². The van der Waals surface area contributed by atoms with Crippen molar-refractivity contribution in [2.45, 2.75) is 6.42 Å². The summed E-state index contributed by atoms with van der Waals surface area (Å²) in [5, 5.41) is 8.88. The van der Waals surface area contributed by atoms with E-state index in [9.17, 15) is 0 Å². The maximum atomic E-state index is 8.88. The highest BCUT2D eigenvalue weighted by Gasteiger charge is 2.08. The first kappa shape index (κ1) is 13.0. The predicted molar refractivity (Wildman–Crippen MR) is 74.3 cm³/mol. The van der Waals surface area contributed by atoms with Gasteiger partial charge in [0.1, 0.15) is 0 Å². The molecule has 3 heteroatoms. The summed E-state index contributed by atoms with van der Waals surface area (Å²) in [6.07, 6.45) is 0.393. The van der Waals surface area contributed by atoms with E-state index in [1.165, 1.54) is 0 Å². The third-order valence-corrected chi connectivity index (χ3v) is 2.98. The molecule has 2 aromatic rings. The van der Waals surface area contributed by atoms with Crippen LogP contribution in [0.2, 0.25) is 0 Å². The first-order valence-corrected chi connectivity index (χ1v) is 5.97. The number of ether oxygens (including phenoxy) is 2. The smallest absolute Gasteiger partial charge is 0.161 e. The van der Waals surface area contributed by atoms with Gasteiger partial charge >= 0.3 is 0 Å². The molecule has 96 valence electrons. The highest BCUT2D eigenvalue weighted by Crippen LogP contribution is 2.33. The van der Waals surface area contributed by atoms with Gasteiger partial charge in [-0.1, -0.05) is 30.3 Å². The van der Waals surface area contributed by atoms with Gasteiger partial charge in [-0.3, -0.25) is 0 Å². The molecule has 19 heavy (non-hydrogen) atoms. The summed E-state index contributed by atoms with van der Waals surface area (Å²) in [4.78, 5) is 0. The number of nitrogens with zero attached hydrogens (tertiary/aromatic N) is 1. The van der Waals surface area contributed by atoms with E-state index in [1.807, 2.05) is 42.5 Å². The molecule has 0 aromatic heterocycles. The molecule has 0 spiro atoms. The maximum Gasteiger partial charge on any atom is 0.161 e. The highest BCUT2D eigenvalue weighted by atomic mass is 16.5.